The van der Waals surface area contributed by atoms with E-state index >= 15 is 0 Å². The highest BCUT2D eigenvalue weighted by atomic mass is 15.3. The van der Waals surface area contributed by atoms with Gasteiger partial charge in [0.25, 0.3) is 0 Å². The van der Waals surface area contributed by atoms with Crippen LogP contribution in [0.2, 0.25) is 0 Å². The van der Waals surface area contributed by atoms with Crippen LogP contribution in [0.5, 0.6) is 0 Å². The molecular weight excluding hydrogens is 258 g/mol. The number of aromatic nitrogens is 2. The Bertz CT molecular complexity index is 479. The van der Waals surface area contributed by atoms with Gasteiger partial charge in [0.05, 0.1) is 5.69 Å². The highest BCUT2D eigenvalue weighted by molar-refractivity contribution is 5.16. The lowest BCUT2D eigenvalue weighted by molar-refractivity contribution is 0.236. The Labute approximate surface area is 129 Å². The van der Waals surface area contributed by atoms with Crippen molar-refractivity contribution in [2.45, 2.75) is 72.4 Å². The standard InChI is InChI=1S/C18H31N3/c1-5-16-8-17(21(6-2)20-16)11-18(12-19-13(3)4)9-14-7-15(14)10-18/h8,13-15,19H,5-7,9-12H2,1-4H3. The van der Waals surface area contributed by atoms with E-state index < -0.39 is 0 Å². The summed E-state index contributed by atoms with van der Waals surface area (Å²) in [6, 6.07) is 2.94. The summed E-state index contributed by atoms with van der Waals surface area (Å²) in [5, 5.41) is 8.46. The van der Waals surface area contributed by atoms with E-state index in [9.17, 15) is 0 Å². The minimum absolute atomic E-state index is 0.482. The number of hydrogen-bond donors (Lipinski definition) is 1. The predicted octanol–water partition coefficient (Wildman–Crippen LogP) is 3.42. The summed E-state index contributed by atoms with van der Waals surface area (Å²) in [5.74, 6) is 2.06. The van der Waals surface area contributed by atoms with Gasteiger partial charge < -0.3 is 5.32 Å². The molecule has 0 amide bonds. The second-order valence-corrected chi connectivity index (χ2v) is 7.67. The first kappa shape index (κ1) is 15.1. The molecule has 0 aliphatic heterocycles. The Balaban J connectivity index is 1.76. The molecule has 1 aromatic rings. The van der Waals surface area contributed by atoms with Crippen LogP contribution in [-0.4, -0.2) is 22.4 Å². The van der Waals surface area contributed by atoms with Crippen molar-refractivity contribution in [3.8, 4) is 0 Å². The SMILES string of the molecule is CCc1cc(CC2(CNC(C)C)CC3CC3C2)n(CC)n1. The number of fused-ring (bicyclic) bond motifs is 1. The van der Waals surface area contributed by atoms with E-state index in [2.05, 4.69) is 43.8 Å². The summed E-state index contributed by atoms with van der Waals surface area (Å²) in [5.41, 5.74) is 3.19. The van der Waals surface area contributed by atoms with Crippen molar-refractivity contribution in [1.29, 1.82) is 0 Å². The highest BCUT2D eigenvalue weighted by Gasteiger charge is 2.53. The van der Waals surface area contributed by atoms with Crippen molar-refractivity contribution < 1.29 is 0 Å². The summed E-state index contributed by atoms with van der Waals surface area (Å²) in [7, 11) is 0. The molecule has 2 aliphatic rings. The van der Waals surface area contributed by atoms with E-state index in [1.54, 1.807) is 0 Å². The maximum Gasteiger partial charge on any atom is 0.0624 e. The third-order valence-corrected chi connectivity index (χ3v) is 5.48. The van der Waals surface area contributed by atoms with Gasteiger partial charge in [-0.3, -0.25) is 4.68 Å². The van der Waals surface area contributed by atoms with Gasteiger partial charge in [0.2, 0.25) is 0 Å². The zero-order chi connectivity index (χ0) is 15.0. The van der Waals surface area contributed by atoms with Gasteiger partial charge in [-0.25, -0.2) is 0 Å². The molecule has 2 unspecified atom stereocenters. The molecule has 2 saturated carbocycles. The summed E-state index contributed by atoms with van der Waals surface area (Å²) in [6.07, 6.45) is 6.60. The molecule has 3 rings (SSSR count). The second-order valence-electron chi connectivity index (χ2n) is 7.67. The monoisotopic (exact) mass is 289 g/mol. The van der Waals surface area contributed by atoms with Gasteiger partial charge in [0.1, 0.15) is 0 Å². The number of rotatable bonds is 7. The Hall–Kier alpha value is -0.830. The van der Waals surface area contributed by atoms with Crippen molar-refractivity contribution in [3.05, 3.63) is 17.5 Å². The molecular formula is C18H31N3. The van der Waals surface area contributed by atoms with Crippen LogP contribution >= 0.6 is 0 Å². The lowest BCUT2D eigenvalue weighted by Crippen LogP contribution is -2.38. The molecule has 0 bridgehead atoms. The van der Waals surface area contributed by atoms with Crippen LogP contribution in [0.25, 0.3) is 0 Å². The van der Waals surface area contributed by atoms with E-state index in [1.165, 1.54) is 43.6 Å². The van der Waals surface area contributed by atoms with E-state index in [0.29, 0.717) is 11.5 Å². The largest absolute Gasteiger partial charge is 0.314 e. The van der Waals surface area contributed by atoms with Crippen LogP contribution in [0.15, 0.2) is 6.07 Å². The van der Waals surface area contributed by atoms with Crippen LogP contribution in [0, 0.1) is 17.3 Å². The topological polar surface area (TPSA) is 29.9 Å². The molecule has 0 radical (unpaired) electrons. The van der Waals surface area contributed by atoms with Gasteiger partial charge in [-0.15, -0.1) is 0 Å². The Morgan fingerprint density at radius 3 is 2.62 bits per heavy atom. The Kier molecular flexibility index (Phi) is 4.13. The van der Waals surface area contributed by atoms with Crippen LogP contribution in [-0.2, 0) is 19.4 Å². The molecule has 3 nitrogen and oxygen atoms in total. The van der Waals surface area contributed by atoms with Gasteiger partial charge in [0, 0.05) is 24.8 Å². The predicted molar refractivity (Wildman–Crippen MR) is 87.4 cm³/mol. The van der Waals surface area contributed by atoms with Gasteiger partial charge in [-0.1, -0.05) is 20.8 Å². The van der Waals surface area contributed by atoms with Gasteiger partial charge >= 0.3 is 0 Å². The lowest BCUT2D eigenvalue weighted by atomic mass is 9.78. The van der Waals surface area contributed by atoms with Crippen molar-refractivity contribution in [2.24, 2.45) is 17.3 Å². The number of aryl methyl sites for hydroxylation is 2. The zero-order valence-corrected chi connectivity index (χ0v) is 14.2. The molecule has 0 spiro atoms. The fourth-order valence-corrected chi connectivity index (χ4v) is 4.27. The third kappa shape index (κ3) is 3.18. The Morgan fingerprint density at radius 1 is 1.33 bits per heavy atom. The van der Waals surface area contributed by atoms with E-state index in [-0.39, 0.29) is 0 Å². The number of hydrogen-bond acceptors (Lipinski definition) is 2. The van der Waals surface area contributed by atoms with E-state index in [0.717, 1.165) is 24.8 Å². The van der Waals surface area contributed by atoms with E-state index in [4.69, 9.17) is 5.10 Å². The first-order chi connectivity index (χ1) is 10.0. The fraction of sp³-hybridized carbons (Fsp3) is 0.833. The highest BCUT2D eigenvalue weighted by Crippen LogP contribution is 2.60. The van der Waals surface area contributed by atoms with Crippen LogP contribution in [0.4, 0.5) is 0 Å². The van der Waals surface area contributed by atoms with Crippen molar-refractivity contribution in [3.63, 3.8) is 0 Å². The molecule has 2 aliphatic carbocycles. The van der Waals surface area contributed by atoms with Crippen molar-refractivity contribution in [2.75, 3.05) is 6.54 Å². The maximum absolute atomic E-state index is 4.74. The molecule has 2 fully saturated rings. The molecule has 118 valence electrons. The number of nitrogens with zero attached hydrogens (tertiary/aromatic N) is 2. The van der Waals surface area contributed by atoms with Crippen LogP contribution in [0.3, 0.4) is 0 Å². The van der Waals surface area contributed by atoms with Crippen molar-refractivity contribution in [1.82, 2.24) is 15.1 Å². The van der Waals surface area contributed by atoms with Crippen molar-refractivity contribution >= 4 is 0 Å². The quantitative estimate of drug-likeness (QED) is 0.833. The normalized spacial score (nSPS) is 30.9. The van der Waals surface area contributed by atoms with Crippen LogP contribution in [0.1, 0.15) is 58.3 Å². The van der Waals surface area contributed by atoms with Crippen LogP contribution < -0.4 is 5.32 Å². The van der Waals surface area contributed by atoms with Gasteiger partial charge in [-0.05, 0) is 62.3 Å². The third-order valence-electron chi connectivity index (χ3n) is 5.48. The molecule has 1 N–H and O–H groups in total. The average Bonchev–Trinajstić information content (AvgIpc) is 2.91. The van der Waals surface area contributed by atoms with E-state index in [1.807, 2.05) is 0 Å². The summed E-state index contributed by atoms with van der Waals surface area (Å²) < 4.78 is 2.24. The zero-order valence-electron chi connectivity index (χ0n) is 14.2. The fourth-order valence-electron chi connectivity index (χ4n) is 4.27. The smallest absolute Gasteiger partial charge is 0.0624 e. The molecule has 1 heterocycles. The second kappa shape index (κ2) is 5.75. The molecule has 21 heavy (non-hydrogen) atoms. The summed E-state index contributed by atoms with van der Waals surface area (Å²) >= 11 is 0. The Morgan fingerprint density at radius 2 is 2.05 bits per heavy atom. The minimum atomic E-state index is 0.482. The first-order valence-electron chi connectivity index (χ1n) is 8.84. The summed E-state index contributed by atoms with van der Waals surface area (Å²) in [6.45, 7) is 11.1. The maximum atomic E-state index is 4.74. The summed E-state index contributed by atoms with van der Waals surface area (Å²) in [4.78, 5) is 0. The lowest BCUT2D eigenvalue weighted by Gasteiger charge is -2.32. The first-order valence-corrected chi connectivity index (χ1v) is 8.84. The average molecular weight is 289 g/mol. The molecule has 0 aromatic carbocycles. The molecule has 3 heteroatoms. The van der Waals surface area contributed by atoms with Gasteiger partial charge in [0.15, 0.2) is 0 Å². The van der Waals surface area contributed by atoms with Gasteiger partial charge in [-0.2, -0.15) is 5.10 Å². The minimum Gasteiger partial charge on any atom is -0.314 e. The number of nitrogens with one attached hydrogen (secondary N) is 1. The molecule has 2 atom stereocenters. The molecule has 1 aromatic heterocycles. The molecule has 0 saturated heterocycles.